The Balaban J connectivity index is 1.63. The van der Waals surface area contributed by atoms with E-state index in [0.717, 1.165) is 19.3 Å². The van der Waals surface area contributed by atoms with E-state index in [-0.39, 0.29) is 17.4 Å². The third kappa shape index (κ3) is 2.44. The lowest BCUT2D eigenvalue weighted by Crippen LogP contribution is -2.62. The Bertz CT molecular complexity index is 1000. The van der Waals surface area contributed by atoms with Gasteiger partial charge in [-0.1, -0.05) is 42.5 Å². The number of sulfonamides is 1. The van der Waals surface area contributed by atoms with Crippen LogP contribution in [0.15, 0.2) is 59.5 Å². The summed E-state index contributed by atoms with van der Waals surface area (Å²) in [6, 6.07) is 17.0. The maximum absolute atomic E-state index is 13.4. The summed E-state index contributed by atoms with van der Waals surface area (Å²) in [7, 11) is -3.53. The van der Waals surface area contributed by atoms with Crippen LogP contribution in [0, 0.1) is 5.92 Å². The molecule has 4 nitrogen and oxygen atoms in total. The molecule has 1 aliphatic heterocycles. The summed E-state index contributed by atoms with van der Waals surface area (Å²) < 4.78 is 28.5. The molecule has 2 aliphatic carbocycles. The highest BCUT2D eigenvalue weighted by Crippen LogP contribution is 2.55. The predicted octanol–water partition coefficient (Wildman–Crippen LogP) is 3.31. The number of carbonyl (C=O) groups excluding carboxylic acids is 1. The highest BCUT2D eigenvalue weighted by Gasteiger charge is 2.57. The Labute approximate surface area is 160 Å². The van der Waals surface area contributed by atoms with E-state index in [1.54, 1.807) is 28.6 Å². The lowest BCUT2D eigenvalue weighted by atomic mass is 9.52. The maximum atomic E-state index is 13.4. The SMILES string of the molecule is O=C1CC[C@H]2[C@H]3Cc4ccccc4[C@@]2(CCN3S(=O)(=O)c2ccccc2)C1. The van der Waals surface area contributed by atoms with Crippen molar-refractivity contribution >= 4 is 15.8 Å². The molecule has 0 unspecified atom stereocenters. The van der Waals surface area contributed by atoms with Crippen LogP contribution in [0.2, 0.25) is 0 Å². The third-order valence-corrected chi connectivity index (χ3v) is 8.84. The first-order valence-electron chi connectivity index (χ1n) is 9.69. The Morgan fingerprint density at radius 3 is 2.56 bits per heavy atom. The van der Waals surface area contributed by atoms with E-state index in [9.17, 15) is 13.2 Å². The Kier molecular flexibility index (Phi) is 3.82. The van der Waals surface area contributed by atoms with Crippen molar-refractivity contribution in [2.75, 3.05) is 6.54 Å². The normalized spacial score (nSPS) is 30.4. The summed E-state index contributed by atoms with van der Waals surface area (Å²) in [5.41, 5.74) is 2.31. The number of hydrogen-bond acceptors (Lipinski definition) is 3. The van der Waals surface area contributed by atoms with Gasteiger partial charge in [-0.25, -0.2) is 8.42 Å². The number of nitrogens with zero attached hydrogens (tertiary/aromatic N) is 1. The largest absolute Gasteiger partial charge is 0.300 e. The van der Waals surface area contributed by atoms with Crippen molar-refractivity contribution in [1.82, 2.24) is 4.31 Å². The van der Waals surface area contributed by atoms with Gasteiger partial charge in [0.05, 0.1) is 4.90 Å². The van der Waals surface area contributed by atoms with Gasteiger partial charge in [0.15, 0.2) is 0 Å². The zero-order valence-corrected chi connectivity index (χ0v) is 16.0. The van der Waals surface area contributed by atoms with E-state index in [0.29, 0.717) is 30.1 Å². The summed E-state index contributed by atoms with van der Waals surface area (Å²) in [4.78, 5) is 12.8. The molecule has 2 aromatic carbocycles. The van der Waals surface area contributed by atoms with Crippen LogP contribution in [0.4, 0.5) is 0 Å². The lowest BCUT2D eigenvalue weighted by molar-refractivity contribution is -0.126. The van der Waals surface area contributed by atoms with Crippen LogP contribution < -0.4 is 0 Å². The lowest BCUT2D eigenvalue weighted by Gasteiger charge is -2.57. The zero-order chi connectivity index (χ0) is 18.6. The van der Waals surface area contributed by atoms with Crippen LogP contribution in [-0.2, 0) is 26.7 Å². The molecule has 0 aromatic heterocycles. The van der Waals surface area contributed by atoms with Gasteiger partial charge in [-0.3, -0.25) is 4.79 Å². The van der Waals surface area contributed by atoms with Crippen molar-refractivity contribution in [3.05, 3.63) is 65.7 Å². The van der Waals surface area contributed by atoms with E-state index in [4.69, 9.17) is 0 Å². The number of piperidine rings is 1. The highest BCUT2D eigenvalue weighted by molar-refractivity contribution is 7.89. The van der Waals surface area contributed by atoms with Crippen LogP contribution in [-0.4, -0.2) is 31.1 Å². The average molecular weight is 381 g/mol. The van der Waals surface area contributed by atoms with E-state index < -0.39 is 10.0 Å². The maximum Gasteiger partial charge on any atom is 0.243 e. The topological polar surface area (TPSA) is 54.5 Å². The molecular weight excluding hydrogens is 358 g/mol. The first kappa shape index (κ1) is 17.1. The summed E-state index contributed by atoms with van der Waals surface area (Å²) in [5.74, 6) is 0.540. The molecule has 3 aliphatic rings. The van der Waals surface area contributed by atoms with E-state index in [1.165, 1.54) is 11.1 Å². The summed E-state index contributed by atoms with van der Waals surface area (Å²) in [5, 5.41) is 0. The van der Waals surface area contributed by atoms with Gasteiger partial charge in [0, 0.05) is 30.8 Å². The second-order valence-electron chi connectivity index (χ2n) is 8.12. The molecular formula is C22H23NO3S. The number of benzene rings is 2. The molecule has 1 saturated carbocycles. The quantitative estimate of drug-likeness (QED) is 0.802. The Morgan fingerprint density at radius 2 is 1.74 bits per heavy atom. The van der Waals surface area contributed by atoms with Crippen molar-refractivity contribution < 1.29 is 13.2 Å². The third-order valence-electron chi connectivity index (χ3n) is 6.90. The summed E-state index contributed by atoms with van der Waals surface area (Å²) >= 11 is 0. The minimum Gasteiger partial charge on any atom is -0.300 e. The molecule has 27 heavy (non-hydrogen) atoms. The Hall–Kier alpha value is -1.98. The summed E-state index contributed by atoms with van der Waals surface area (Å²) in [6.45, 7) is 0.486. The molecule has 2 aromatic rings. The molecule has 0 spiro atoms. The Morgan fingerprint density at radius 1 is 1.00 bits per heavy atom. The molecule has 5 rings (SSSR count). The van der Waals surface area contributed by atoms with Crippen molar-refractivity contribution in [3.8, 4) is 0 Å². The number of ketones is 1. The molecule has 0 amide bonds. The number of hydrogen-bond donors (Lipinski definition) is 0. The average Bonchev–Trinajstić information content (AvgIpc) is 2.68. The van der Waals surface area contributed by atoms with Gasteiger partial charge in [0.1, 0.15) is 5.78 Å². The van der Waals surface area contributed by atoms with Crippen molar-refractivity contribution in [2.24, 2.45) is 5.92 Å². The van der Waals surface area contributed by atoms with E-state index >= 15 is 0 Å². The molecule has 2 fully saturated rings. The van der Waals surface area contributed by atoms with Gasteiger partial charge >= 0.3 is 0 Å². The zero-order valence-electron chi connectivity index (χ0n) is 15.2. The van der Waals surface area contributed by atoms with Gasteiger partial charge < -0.3 is 0 Å². The fraction of sp³-hybridized carbons (Fsp3) is 0.409. The highest BCUT2D eigenvalue weighted by atomic mass is 32.2. The van der Waals surface area contributed by atoms with Gasteiger partial charge in [0.25, 0.3) is 0 Å². The molecule has 3 atom stereocenters. The molecule has 1 heterocycles. The molecule has 0 N–H and O–H groups in total. The second-order valence-corrected chi connectivity index (χ2v) is 10.0. The minimum atomic E-state index is -3.53. The number of Topliss-reactive ketones (excluding diaryl/α,β-unsaturated/α-hetero) is 1. The molecule has 140 valence electrons. The van der Waals surface area contributed by atoms with Crippen LogP contribution in [0.3, 0.4) is 0 Å². The number of rotatable bonds is 2. The number of fused-ring (bicyclic) bond motifs is 1. The van der Waals surface area contributed by atoms with Gasteiger partial charge in [-0.2, -0.15) is 4.31 Å². The van der Waals surface area contributed by atoms with Crippen molar-refractivity contribution in [2.45, 2.75) is 48.5 Å². The monoisotopic (exact) mass is 381 g/mol. The van der Waals surface area contributed by atoms with Crippen molar-refractivity contribution in [3.63, 3.8) is 0 Å². The standard InChI is InChI=1S/C22H23NO3S/c24-17-10-11-20-21-14-16-6-4-5-9-19(16)22(20,15-17)12-13-23(21)27(25,26)18-7-2-1-3-8-18/h1-9,20-21H,10-15H2/t20-,21+,22+/m0/s1. The fourth-order valence-corrected chi connectivity index (χ4v) is 7.47. The molecule has 2 bridgehead atoms. The van der Waals surface area contributed by atoms with Crippen LogP contribution in [0.5, 0.6) is 0 Å². The van der Waals surface area contributed by atoms with E-state index in [1.807, 2.05) is 12.1 Å². The van der Waals surface area contributed by atoms with E-state index in [2.05, 4.69) is 18.2 Å². The first-order chi connectivity index (χ1) is 13.0. The molecule has 1 saturated heterocycles. The fourth-order valence-electron chi connectivity index (χ4n) is 5.78. The van der Waals surface area contributed by atoms with Gasteiger partial charge in [0.2, 0.25) is 10.0 Å². The van der Waals surface area contributed by atoms with Crippen LogP contribution >= 0.6 is 0 Å². The van der Waals surface area contributed by atoms with Crippen LogP contribution in [0.1, 0.15) is 36.8 Å². The number of carbonyl (C=O) groups is 1. The van der Waals surface area contributed by atoms with Crippen molar-refractivity contribution in [1.29, 1.82) is 0 Å². The molecule has 5 heteroatoms. The summed E-state index contributed by atoms with van der Waals surface area (Å²) in [6.07, 6.45) is 3.39. The predicted molar refractivity (Wildman–Crippen MR) is 103 cm³/mol. The first-order valence-corrected chi connectivity index (χ1v) is 11.1. The van der Waals surface area contributed by atoms with Crippen LogP contribution in [0.25, 0.3) is 0 Å². The smallest absolute Gasteiger partial charge is 0.243 e. The minimum absolute atomic E-state index is 0.0630. The second kappa shape index (κ2) is 6.01. The molecule has 0 radical (unpaired) electrons. The van der Waals surface area contributed by atoms with Gasteiger partial charge in [-0.15, -0.1) is 0 Å². The van der Waals surface area contributed by atoms with Gasteiger partial charge in [-0.05, 0) is 48.4 Å².